The zero-order chi connectivity index (χ0) is 15.5. The van der Waals surface area contributed by atoms with E-state index in [1.54, 1.807) is 0 Å². The quantitative estimate of drug-likeness (QED) is 0.869. The molecule has 118 valence electrons. The van der Waals surface area contributed by atoms with E-state index in [4.69, 9.17) is 17.3 Å². The molecule has 1 aliphatic carbocycles. The van der Waals surface area contributed by atoms with Crippen molar-refractivity contribution in [3.63, 3.8) is 0 Å². The molecular weight excluding hydrogens is 315 g/mol. The van der Waals surface area contributed by atoms with Crippen LogP contribution in [-0.2, 0) is 10.0 Å². The van der Waals surface area contributed by atoms with Crippen molar-refractivity contribution >= 4 is 21.6 Å². The highest BCUT2D eigenvalue weighted by Gasteiger charge is 2.28. The summed E-state index contributed by atoms with van der Waals surface area (Å²) in [6.45, 7) is 0.219. The highest BCUT2D eigenvalue weighted by atomic mass is 35.5. The van der Waals surface area contributed by atoms with Crippen molar-refractivity contribution < 1.29 is 12.8 Å². The number of hydrogen-bond donors (Lipinski definition) is 2. The molecule has 1 unspecified atom stereocenters. The van der Waals surface area contributed by atoms with Crippen molar-refractivity contribution in [3.8, 4) is 0 Å². The largest absolute Gasteiger partial charge is 0.329 e. The monoisotopic (exact) mass is 334 g/mol. The number of hydrogen-bond acceptors (Lipinski definition) is 3. The molecule has 21 heavy (non-hydrogen) atoms. The van der Waals surface area contributed by atoms with Crippen molar-refractivity contribution in [2.24, 2.45) is 11.7 Å². The normalized spacial score (nSPS) is 18.6. The lowest BCUT2D eigenvalue weighted by molar-refractivity contribution is 0.294. The minimum absolute atomic E-state index is 0.00307. The van der Waals surface area contributed by atoms with Crippen LogP contribution in [0, 0.1) is 11.7 Å². The second kappa shape index (κ2) is 7.05. The molecule has 0 spiro atoms. The lowest BCUT2D eigenvalue weighted by atomic mass is 9.84. The minimum Gasteiger partial charge on any atom is -0.329 e. The van der Waals surface area contributed by atoms with E-state index in [1.807, 2.05) is 0 Å². The van der Waals surface area contributed by atoms with Gasteiger partial charge in [0.2, 0.25) is 10.0 Å². The van der Waals surface area contributed by atoms with E-state index in [0.717, 1.165) is 37.8 Å². The number of rotatable bonds is 5. The first-order valence-corrected chi connectivity index (χ1v) is 8.97. The molecule has 4 nitrogen and oxygen atoms in total. The van der Waals surface area contributed by atoms with Crippen molar-refractivity contribution in [2.45, 2.75) is 43.0 Å². The fraction of sp³-hybridized carbons (Fsp3) is 0.571. The summed E-state index contributed by atoms with van der Waals surface area (Å²) >= 11 is 5.88. The summed E-state index contributed by atoms with van der Waals surface area (Å²) in [5.74, 6) is -0.410. The van der Waals surface area contributed by atoms with Crippen molar-refractivity contribution in [2.75, 3.05) is 6.54 Å². The van der Waals surface area contributed by atoms with Gasteiger partial charge in [-0.05, 0) is 37.0 Å². The standard InChI is InChI=1S/C14H20ClFN2O2S/c15-12-7-6-11(16)8-14(12)21(19,20)18-13(9-17)10-4-2-1-3-5-10/h6-8,10,13,18H,1-5,9,17H2. The Morgan fingerprint density at radius 2 is 2.00 bits per heavy atom. The maximum Gasteiger partial charge on any atom is 0.242 e. The van der Waals surface area contributed by atoms with E-state index < -0.39 is 15.8 Å². The van der Waals surface area contributed by atoms with Crippen LogP contribution in [0.3, 0.4) is 0 Å². The van der Waals surface area contributed by atoms with Crippen LogP contribution >= 0.6 is 11.6 Å². The third-order valence-electron chi connectivity index (χ3n) is 3.96. The number of benzene rings is 1. The highest BCUT2D eigenvalue weighted by Crippen LogP contribution is 2.28. The molecule has 0 aromatic heterocycles. The fourth-order valence-electron chi connectivity index (χ4n) is 2.82. The first-order chi connectivity index (χ1) is 9.94. The Balaban J connectivity index is 2.20. The Kier molecular flexibility index (Phi) is 5.60. The summed E-state index contributed by atoms with van der Waals surface area (Å²) in [5.41, 5.74) is 5.72. The van der Waals surface area contributed by atoms with E-state index in [9.17, 15) is 12.8 Å². The molecule has 0 bridgehead atoms. The molecule has 1 aromatic carbocycles. The first-order valence-electron chi connectivity index (χ1n) is 7.11. The van der Waals surface area contributed by atoms with Crippen molar-refractivity contribution in [3.05, 3.63) is 29.0 Å². The predicted octanol–water partition coefficient (Wildman–Crippen LogP) is 2.67. The van der Waals surface area contributed by atoms with Crippen LogP contribution in [0.15, 0.2) is 23.1 Å². The number of halogens is 2. The van der Waals surface area contributed by atoms with Crippen LogP contribution in [0.4, 0.5) is 4.39 Å². The molecule has 1 fully saturated rings. The SMILES string of the molecule is NCC(NS(=O)(=O)c1cc(F)ccc1Cl)C1CCCCC1. The topological polar surface area (TPSA) is 72.2 Å². The van der Waals surface area contributed by atoms with Gasteiger partial charge in [0.05, 0.1) is 5.02 Å². The van der Waals surface area contributed by atoms with Gasteiger partial charge in [-0.25, -0.2) is 17.5 Å². The fourth-order valence-corrected chi connectivity index (χ4v) is 4.65. The zero-order valence-electron chi connectivity index (χ0n) is 11.7. The van der Waals surface area contributed by atoms with Gasteiger partial charge in [0.1, 0.15) is 10.7 Å². The second-order valence-electron chi connectivity index (χ2n) is 5.44. The Bertz CT molecular complexity index is 589. The summed E-state index contributed by atoms with van der Waals surface area (Å²) in [5, 5.41) is 0.00307. The molecule has 0 radical (unpaired) electrons. The summed E-state index contributed by atoms with van der Waals surface area (Å²) in [6, 6.07) is 2.96. The smallest absolute Gasteiger partial charge is 0.242 e. The van der Waals surface area contributed by atoms with Gasteiger partial charge >= 0.3 is 0 Å². The van der Waals surface area contributed by atoms with Gasteiger partial charge in [0.15, 0.2) is 0 Å². The Hall–Kier alpha value is -0.690. The highest BCUT2D eigenvalue weighted by molar-refractivity contribution is 7.89. The number of nitrogens with two attached hydrogens (primary N) is 1. The molecule has 7 heteroatoms. The molecule has 0 heterocycles. The minimum atomic E-state index is -3.88. The van der Waals surface area contributed by atoms with Crippen molar-refractivity contribution in [1.82, 2.24) is 4.72 Å². The van der Waals surface area contributed by atoms with E-state index in [-0.39, 0.29) is 28.4 Å². The van der Waals surface area contributed by atoms with E-state index >= 15 is 0 Å². The average molecular weight is 335 g/mol. The van der Waals surface area contributed by atoms with Gasteiger partial charge in [0, 0.05) is 12.6 Å². The molecule has 3 N–H and O–H groups in total. The molecule has 1 atom stereocenters. The Morgan fingerprint density at radius 1 is 1.33 bits per heavy atom. The van der Waals surface area contributed by atoms with Gasteiger partial charge in [0.25, 0.3) is 0 Å². The van der Waals surface area contributed by atoms with E-state index in [0.29, 0.717) is 0 Å². The third-order valence-corrected chi connectivity index (χ3v) is 5.93. The third kappa shape index (κ3) is 4.16. The first kappa shape index (κ1) is 16.7. The predicted molar refractivity (Wildman–Crippen MR) is 81.1 cm³/mol. The lowest BCUT2D eigenvalue weighted by Gasteiger charge is -2.29. The Morgan fingerprint density at radius 3 is 2.62 bits per heavy atom. The van der Waals surface area contributed by atoms with Gasteiger partial charge in [-0.3, -0.25) is 0 Å². The number of sulfonamides is 1. The molecule has 0 aliphatic heterocycles. The molecule has 0 saturated heterocycles. The van der Waals surface area contributed by atoms with Gasteiger partial charge in [-0.1, -0.05) is 30.9 Å². The van der Waals surface area contributed by atoms with Crippen LogP contribution in [0.5, 0.6) is 0 Å². The summed E-state index contributed by atoms with van der Waals surface area (Å²) < 4.78 is 40.7. The van der Waals surface area contributed by atoms with E-state index in [1.165, 1.54) is 12.5 Å². The summed E-state index contributed by atoms with van der Waals surface area (Å²) in [6.07, 6.45) is 5.27. The van der Waals surface area contributed by atoms with Crippen LogP contribution in [-0.4, -0.2) is 21.0 Å². The van der Waals surface area contributed by atoms with E-state index in [2.05, 4.69) is 4.72 Å². The molecule has 2 rings (SSSR count). The van der Waals surface area contributed by atoms with Crippen LogP contribution < -0.4 is 10.5 Å². The Labute approximate surface area is 129 Å². The van der Waals surface area contributed by atoms with Gasteiger partial charge < -0.3 is 5.73 Å². The molecular formula is C14H20ClFN2O2S. The van der Waals surface area contributed by atoms with Crippen LogP contribution in [0.25, 0.3) is 0 Å². The average Bonchev–Trinajstić information content (AvgIpc) is 2.48. The maximum absolute atomic E-state index is 13.3. The van der Waals surface area contributed by atoms with Gasteiger partial charge in [-0.15, -0.1) is 0 Å². The summed E-state index contributed by atoms with van der Waals surface area (Å²) in [4.78, 5) is -0.238. The molecule has 1 aromatic rings. The molecule has 0 amide bonds. The van der Waals surface area contributed by atoms with Crippen molar-refractivity contribution in [1.29, 1.82) is 0 Å². The summed E-state index contributed by atoms with van der Waals surface area (Å²) in [7, 11) is -3.88. The van der Waals surface area contributed by atoms with Crippen LogP contribution in [0.1, 0.15) is 32.1 Å². The number of nitrogens with one attached hydrogen (secondary N) is 1. The maximum atomic E-state index is 13.3. The van der Waals surface area contributed by atoms with Gasteiger partial charge in [-0.2, -0.15) is 0 Å². The molecule has 1 saturated carbocycles. The lowest BCUT2D eigenvalue weighted by Crippen LogP contribution is -2.45. The second-order valence-corrected chi connectivity index (χ2v) is 7.53. The zero-order valence-corrected chi connectivity index (χ0v) is 13.3. The van der Waals surface area contributed by atoms with Crippen LogP contribution in [0.2, 0.25) is 5.02 Å². The molecule has 1 aliphatic rings.